The third-order valence-corrected chi connectivity index (χ3v) is 1.27. The highest BCUT2D eigenvalue weighted by Crippen LogP contribution is 1.98. The Morgan fingerprint density at radius 3 is 2.54 bits per heavy atom. The maximum atomic E-state index is 5.31. The number of rotatable bonds is 7. The van der Waals surface area contributed by atoms with Gasteiger partial charge in [-0.15, -0.1) is 0 Å². The molecule has 0 fully saturated rings. The van der Waals surface area contributed by atoms with E-state index in [0.29, 0.717) is 13.2 Å². The van der Waals surface area contributed by atoms with E-state index in [2.05, 4.69) is 13.2 Å². The molecule has 0 amide bonds. The average Bonchev–Trinajstić information content (AvgIpc) is 2.16. The molecule has 0 aliphatic carbocycles. The molecule has 0 aromatic rings. The first-order valence-electron chi connectivity index (χ1n) is 4.08. The first kappa shape index (κ1) is 11.7. The quantitative estimate of drug-likeness (QED) is 0.340. The van der Waals surface area contributed by atoms with Gasteiger partial charge in [-0.05, 0) is 12.2 Å². The maximum Gasteiger partial charge on any atom is 0.118 e. The minimum Gasteiger partial charge on any atom is -0.491 e. The summed E-state index contributed by atoms with van der Waals surface area (Å²) in [5.74, 6) is 0.732. The molecule has 0 rings (SSSR count). The third-order valence-electron chi connectivity index (χ3n) is 1.27. The molecule has 2 nitrogen and oxygen atoms in total. The lowest BCUT2D eigenvalue weighted by atomic mass is 10.4. The van der Waals surface area contributed by atoms with E-state index < -0.39 is 0 Å². The molecule has 0 saturated heterocycles. The van der Waals surface area contributed by atoms with Crippen molar-refractivity contribution in [2.24, 2.45) is 0 Å². The summed E-state index contributed by atoms with van der Waals surface area (Å²) in [5.41, 5.74) is 0. The predicted molar refractivity (Wildman–Crippen MR) is 55.4 cm³/mol. The normalized spacial score (nSPS) is 11.6. The zero-order chi connectivity index (χ0) is 9.94. The molecular weight excluding hydrogens is 164 g/mol. The van der Waals surface area contributed by atoms with E-state index >= 15 is 0 Å². The van der Waals surface area contributed by atoms with Gasteiger partial charge in [0.05, 0.1) is 6.61 Å². The van der Waals surface area contributed by atoms with Gasteiger partial charge in [0.25, 0.3) is 0 Å². The van der Waals surface area contributed by atoms with Gasteiger partial charge in [-0.25, -0.2) is 0 Å². The van der Waals surface area contributed by atoms with Gasteiger partial charge < -0.3 is 9.47 Å². The van der Waals surface area contributed by atoms with Crippen molar-refractivity contribution in [1.29, 1.82) is 0 Å². The summed E-state index contributed by atoms with van der Waals surface area (Å²) >= 11 is 0. The van der Waals surface area contributed by atoms with Crippen molar-refractivity contribution in [3.05, 3.63) is 49.3 Å². The van der Waals surface area contributed by atoms with Gasteiger partial charge in [-0.1, -0.05) is 31.4 Å². The fourth-order valence-electron chi connectivity index (χ4n) is 0.647. The van der Waals surface area contributed by atoms with Crippen LogP contribution in [0.2, 0.25) is 0 Å². The van der Waals surface area contributed by atoms with Crippen molar-refractivity contribution >= 4 is 0 Å². The molecule has 0 N–H and O–H groups in total. The Kier molecular flexibility index (Phi) is 7.95. The van der Waals surface area contributed by atoms with Crippen molar-refractivity contribution in [2.45, 2.75) is 0 Å². The first-order valence-corrected chi connectivity index (χ1v) is 4.08. The summed E-state index contributed by atoms with van der Waals surface area (Å²) in [5, 5.41) is 0. The standard InChI is InChI=1S/C11H16O2/c1-4-6-7-8-11(5-2)13-10-9-12-3/h4-8H,1-2,9-10H2,3H3/b7-6-,11-8+. The highest BCUT2D eigenvalue weighted by atomic mass is 16.5. The molecular formula is C11H16O2. The molecule has 0 heterocycles. The van der Waals surface area contributed by atoms with Crippen molar-refractivity contribution in [1.82, 2.24) is 0 Å². The van der Waals surface area contributed by atoms with Crippen LogP contribution in [-0.4, -0.2) is 20.3 Å². The van der Waals surface area contributed by atoms with Gasteiger partial charge in [0.2, 0.25) is 0 Å². The monoisotopic (exact) mass is 180 g/mol. The summed E-state index contributed by atoms with van der Waals surface area (Å²) < 4.78 is 10.2. The molecule has 72 valence electrons. The lowest BCUT2D eigenvalue weighted by molar-refractivity contribution is 0.114. The lowest BCUT2D eigenvalue weighted by Crippen LogP contribution is -2.00. The first-order chi connectivity index (χ1) is 6.35. The van der Waals surface area contributed by atoms with Crippen LogP contribution in [0.15, 0.2) is 49.3 Å². The highest BCUT2D eigenvalue weighted by molar-refractivity contribution is 5.18. The van der Waals surface area contributed by atoms with E-state index in [1.54, 1.807) is 19.3 Å². The summed E-state index contributed by atoms with van der Waals surface area (Å²) in [6.45, 7) is 8.30. The fraction of sp³-hybridized carbons (Fsp3) is 0.273. The van der Waals surface area contributed by atoms with Gasteiger partial charge in [-0.2, -0.15) is 0 Å². The molecule has 0 aromatic carbocycles. The smallest absolute Gasteiger partial charge is 0.118 e. The second-order valence-electron chi connectivity index (χ2n) is 2.24. The molecule has 0 aromatic heterocycles. The third kappa shape index (κ3) is 7.09. The van der Waals surface area contributed by atoms with E-state index in [1.165, 1.54) is 0 Å². The molecule has 0 aliphatic heterocycles. The van der Waals surface area contributed by atoms with Crippen LogP contribution in [0.25, 0.3) is 0 Å². The van der Waals surface area contributed by atoms with Crippen molar-refractivity contribution < 1.29 is 9.47 Å². The number of hydrogen-bond donors (Lipinski definition) is 0. The van der Waals surface area contributed by atoms with Crippen LogP contribution in [-0.2, 0) is 9.47 Å². The Hall–Kier alpha value is -1.28. The number of ether oxygens (including phenoxy) is 2. The van der Waals surface area contributed by atoms with Crippen molar-refractivity contribution in [3.63, 3.8) is 0 Å². The summed E-state index contributed by atoms with van der Waals surface area (Å²) in [6, 6.07) is 0. The topological polar surface area (TPSA) is 18.5 Å². The van der Waals surface area contributed by atoms with Gasteiger partial charge >= 0.3 is 0 Å². The number of hydrogen-bond acceptors (Lipinski definition) is 2. The Bertz CT molecular complexity index is 202. The molecule has 0 aliphatic rings. The molecule has 0 unspecified atom stereocenters. The van der Waals surface area contributed by atoms with Crippen LogP contribution in [0, 0.1) is 0 Å². The van der Waals surface area contributed by atoms with E-state index in [1.807, 2.05) is 18.2 Å². The van der Waals surface area contributed by atoms with Crippen LogP contribution < -0.4 is 0 Å². The summed E-state index contributed by atoms with van der Waals surface area (Å²) in [7, 11) is 1.64. The van der Waals surface area contributed by atoms with Crippen LogP contribution in [0.5, 0.6) is 0 Å². The maximum absolute atomic E-state index is 5.31. The number of allylic oxidation sites excluding steroid dienone is 5. The Morgan fingerprint density at radius 2 is 2.00 bits per heavy atom. The van der Waals surface area contributed by atoms with Gasteiger partial charge in [-0.3, -0.25) is 0 Å². The zero-order valence-corrected chi connectivity index (χ0v) is 8.03. The van der Waals surface area contributed by atoms with Gasteiger partial charge in [0.1, 0.15) is 12.4 Å². The largest absolute Gasteiger partial charge is 0.491 e. The number of methoxy groups -OCH3 is 1. The van der Waals surface area contributed by atoms with E-state index in [4.69, 9.17) is 9.47 Å². The predicted octanol–water partition coefficient (Wildman–Crippen LogP) is 2.46. The Balaban J connectivity index is 3.86. The minimum atomic E-state index is 0.538. The van der Waals surface area contributed by atoms with Crippen LogP contribution in [0.3, 0.4) is 0 Å². The molecule has 2 heteroatoms. The Labute approximate surface area is 79.9 Å². The molecule has 0 saturated carbocycles. The molecule has 0 spiro atoms. The summed E-state index contributed by atoms with van der Waals surface area (Å²) in [6.07, 6.45) is 8.85. The Morgan fingerprint density at radius 1 is 1.23 bits per heavy atom. The summed E-state index contributed by atoms with van der Waals surface area (Å²) in [4.78, 5) is 0. The average molecular weight is 180 g/mol. The second kappa shape index (κ2) is 8.81. The van der Waals surface area contributed by atoms with E-state index in [9.17, 15) is 0 Å². The fourth-order valence-corrected chi connectivity index (χ4v) is 0.647. The lowest BCUT2D eigenvalue weighted by Gasteiger charge is -2.04. The molecule has 0 bridgehead atoms. The van der Waals surface area contributed by atoms with E-state index in [-0.39, 0.29) is 0 Å². The van der Waals surface area contributed by atoms with Crippen molar-refractivity contribution in [3.8, 4) is 0 Å². The van der Waals surface area contributed by atoms with Crippen LogP contribution >= 0.6 is 0 Å². The SMILES string of the molecule is C=C/C=C\C=C(/C=C)OCCOC. The van der Waals surface area contributed by atoms with Gasteiger partial charge in [0, 0.05) is 7.11 Å². The van der Waals surface area contributed by atoms with Crippen LogP contribution in [0.1, 0.15) is 0 Å². The van der Waals surface area contributed by atoms with Crippen LogP contribution in [0.4, 0.5) is 0 Å². The molecule has 13 heavy (non-hydrogen) atoms. The second-order valence-corrected chi connectivity index (χ2v) is 2.24. The minimum absolute atomic E-state index is 0.538. The molecule has 0 radical (unpaired) electrons. The van der Waals surface area contributed by atoms with Gasteiger partial charge in [0.15, 0.2) is 0 Å². The highest BCUT2D eigenvalue weighted by Gasteiger charge is 1.89. The molecule has 0 atom stereocenters. The van der Waals surface area contributed by atoms with E-state index in [0.717, 1.165) is 5.76 Å². The van der Waals surface area contributed by atoms with Crippen molar-refractivity contribution in [2.75, 3.05) is 20.3 Å². The zero-order valence-electron chi connectivity index (χ0n) is 8.03.